The van der Waals surface area contributed by atoms with Gasteiger partial charge in [0.1, 0.15) is 0 Å². The van der Waals surface area contributed by atoms with E-state index in [1.165, 1.54) is 47.6 Å². The van der Waals surface area contributed by atoms with Crippen molar-refractivity contribution in [3.8, 4) is 5.69 Å². The van der Waals surface area contributed by atoms with E-state index in [4.69, 9.17) is 0 Å². The Kier molecular flexibility index (Phi) is 4.76. The normalized spacial score (nSPS) is 24.9. The van der Waals surface area contributed by atoms with Crippen LogP contribution >= 0.6 is 0 Å². The molecule has 2 aliphatic rings. The van der Waals surface area contributed by atoms with Gasteiger partial charge in [0.2, 0.25) is 0 Å². The number of rotatable bonds is 4. The fraction of sp³-hybridized carbons (Fsp3) is 0.400. The van der Waals surface area contributed by atoms with Crippen LogP contribution in [0.4, 0.5) is 0 Å². The van der Waals surface area contributed by atoms with E-state index in [1.807, 2.05) is 23.1 Å². The first kappa shape index (κ1) is 18.6. The highest BCUT2D eigenvalue weighted by Gasteiger charge is 2.46. The van der Waals surface area contributed by atoms with Crippen molar-refractivity contribution in [1.29, 1.82) is 0 Å². The van der Waals surface area contributed by atoms with Gasteiger partial charge in [-0.1, -0.05) is 42.0 Å². The van der Waals surface area contributed by atoms with E-state index in [0.29, 0.717) is 12.0 Å². The van der Waals surface area contributed by atoms with Gasteiger partial charge in [0.05, 0.1) is 5.69 Å². The Labute approximate surface area is 173 Å². The van der Waals surface area contributed by atoms with Gasteiger partial charge in [-0.2, -0.15) is 5.10 Å². The molecule has 3 aromatic rings. The average Bonchev–Trinajstić information content (AvgIpc) is 3.40. The molecule has 0 aliphatic carbocycles. The van der Waals surface area contributed by atoms with Crippen LogP contribution in [0.5, 0.6) is 0 Å². The van der Waals surface area contributed by atoms with Gasteiger partial charge in [-0.25, -0.2) is 4.68 Å². The van der Waals surface area contributed by atoms with Crippen LogP contribution in [-0.2, 0) is 6.54 Å². The number of hydrogen-bond donors (Lipinski definition) is 0. The molecule has 4 nitrogen and oxygen atoms in total. The van der Waals surface area contributed by atoms with Crippen molar-refractivity contribution in [3.63, 3.8) is 0 Å². The van der Waals surface area contributed by atoms with Crippen LogP contribution in [0.15, 0.2) is 60.9 Å². The van der Waals surface area contributed by atoms with Gasteiger partial charge in [0, 0.05) is 44.6 Å². The maximum absolute atomic E-state index is 4.47. The maximum Gasteiger partial charge on any atom is 0.0690 e. The summed E-state index contributed by atoms with van der Waals surface area (Å²) >= 11 is 0. The number of likely N-dealkylation sites (tertiary alicyclic amines) is 2. The lowest BCUT2D eigenvalue weighted by Crippen LogP contribution is -2.29. The molecule has 0 saturated carbocycles. The SMILES string of the molecule is Cc1ccc(-n2cccn2)c(CN2C[C@@H]3CN(C)[C@H](c4ccccc4C)[C@@H]3C2)c1. The molecule has 0 N–H and O–H groups in total. The Balaban J connectivity index is 1.39. The first-order valence-electron chi connectivity index (χ1n) is 10.7. The molecule has 5 rings (SSSR count). The van der Waals surface area contributed by atoms with Crippen LogP contribution in [0.1, 0.15) is 28.3 Å². The molecule has 4 heteroatoms. The van der Waals surface area contributed by atoms with Crippen LogP contribution < -0.4 is 0 Å². The Morgan fingerprint density at radius 1 is 1.00 bits per heavy atom. The maximum atomic E-state index is 4.47. The highest BCUT2D eigenvalue weighted by atomic mass is 15.3. The first-order chi connectivity index (χ1) is 14.1. The quantitative estimate of drug-likeness (QED) is 0.671. The van der Waals surface area contributed by atoms with Crippen LogP contribution in [0.2, 0.25) is 0 Å². The molecule has 2 saturated heterocycles. The molecule has 1 aromatic heterocycles. The van der Waals surface area contributed by atoms with E-state index in [1.54, 1.807) is 0 Å². The summed E-state index contributed by atoms with van der Waals surface area (Å²) in [5, 5.41) is 4.47. The summed E-state index contributed by atoms with van der Waals surface area (Å²) in [6.45, 7) is 8.98. The van der Waals surface area contributed by atoms with Crippen molar-refractivity contribution in [2.24, 2.45) is 11.8 Å². The molecule has 3 heterocycles. The predicted octanol–water partition coefficient (Wildman–Crippen LogP) is 4.22. The molecule has 0 radical (unpaired) electrons. The summed E-state index contributed by atoms with van der Waals surface area (Å²) in [4.78, 5) is 5.24. The monoisotopic (exact) mass is 386 g/mol. The summed E-state index contributed by atoms with van der Waals surface area (Å²) in [7, 11) is 2.30. The van der Waals surface area contributed by atoms with Crippen molar-refractivity contribution >= 4 is 0 Å². The van der Waals surface area contributed by atoms with Gasteiger partial charge in [0.25, 0.3) is 0 Å². The van der Waals surface area contributed by atoms with E-state index < -0.39 is 0 Å². The molecule has 2 fully saturated rings. The molecule has 2 aliphatic heterocycles. The molecule has 3 atom stereocenters. The first-order valence-corrected chi connectivity index (χ1v) is 10.7. The van der Waals surface area contributed by atoms with Crippen molar-refractivity contribution in [2.45, 2.75) is 26.4 Å². The van der Waals surface area contributed by atoms with E-state index in [0.717, 1.165) is 12.5 Å². The smallest absolute Gasteiger partial charge is 0.0690 e. The summed E-state index contributed by atoms with van der Waals surface area (Å²) in [6, 6.07) is 18.2. The van der Waals surface area contributed by atoms with Crippen LogP contribution in [0, 0.1) is 25.7 Å². The Bertz CT molecular complexity index is 994. The standard InChI is InChI=1S/C25H30N4/c1-18-9-10-24(29-12-6-11-26-29)20(13-18)15-28-16-21-14-27(3)25(23(21)17-28)22-8-5-4-7-19(22)2/h4-13,21,23,25H,14-17H2,1-3H3/t21-,23+,25+/m0/s1. The van der Waals surface area contributed by atoms with Gasteiger partial charge < -0.3 is 0 Å². The zero-order valence-electron chi connectivity index (χ0n) is 17.6. The fourth-order valence-electron chi connectivity index (χ4n) is 5.58. The lowest BCUT2D eigenvalue weighted by molar-refractivity contribution is 0.224. The number of nitrogens with zero attached hydrogens (tertiary/aromatic N) is 4. The zero-order valence-corrected chi connectivity index (χ0v) is 17.6. The molecule has 0 spiro atoms. The minimum Gasteiger partial charge on any atom is -0.299 e. The Morgan fingerprint density at radius 3 is 2.66 bits per heavy atom. The van der Waals surface area contributed by atoms with Crippen molar-refractivity contribution in [3.05, 3.63) is 83.2 Å². The second-order valence-electron chi connectivity index (χ2n) is 8.94. The lowest BCUT2D eigenvalue weighted by Gasteiger charge is -2.28. The van der Waals surface area contributed by atoms with Gasteiger partial charge in [-0.05, 0) is 61.6 Å². The molecule has 0 unspecified atom stereocenters. The largest absolute Gasteiger partial charge is 0.299 e. The zero-order chi connectivity index (χ0) is 20.0. The van der Waals surface area contributed by atoms with Crippen LogP contribution in [0.3, 0.4) is 0 Å². The molecular weight excluding hydrogens is 356 g/mol. The summed E-state index contributed by atoms with van der Waals surface area (Å²) in [5.74, 6) is 1.46. The lowest BCUT2D eigenvalue weighted by atomic mass is 9.88. The summed E-state index contributed by atoms with van der Waals surface area (Å²) in [6.07, 6.45) is 3.89. The third-order valence-corrected chi connectivity index (χ3v) is 6.86. The Morgan fingerprint density at radius 2 is 1.86 bits per heavy atom. The highest BCUT2D eigenvalue weighted by molar-refractivity contribution is 5.43. The second kappa shape index (κ2) is 7.43. The van der Waals surface area contributed by atoms with E-state index >= 15 is 0 Å². The number of benzene rings is 2. The van der Waals surface area contributed by atoms with Crippen molar-refractivity contribution < 1.29 is 0 Å². The number of hydrogen-bond acceptors (Lipinski definition) is 3. The van der Waals surface area contributed by atoms with Crippen LogP contribution in [-0.4, -0.2) is 46.3 Å². The second-order valence-corrected chi connectivity index (χ2v) is 8.94. The van der Waals surface area contributed by atoms with Crippen molar-refractivity contribution in [2.75, 3.05) is 26.7 Å². The molecule has 150 valence electrons. The summed E-state index contributed by atoms with van der Waals surface area (Å²) < 4.78 is 2.00. The van der Waals surface area contributed by atoms with Crippen LogP contribution in [0.25, 0.3) is 5.69 Å². The fourth-order valence-corrected chi connectivity index (χ4v) is 5.58. The number of aryl methyl sites for hydroxylation is 2. The molecule has 2 aromatic carbocycles. The van der Waals surface area contributed by atoms with Gasteiger partial charge >= 0.3 is 0 Å². The van der Waals surface area contributed by atoms with E-state index in [2.05, 4.69) is 78.3 Å². The van der Waals surface area contributed by atoms with Gasteiger partial charge in [-0.15, -0.1) is 0 Å². The number of fused-ring (bicyclic) bond motifs is 1. The van der Waals surface area contributed by atoms with Gasteiger partial charge in [-0.3, -0.25) is 9.80 Å². The predicted molar refractivity (Wildman–Crippen MR) is 117 cm³/mol. The highest BCUT2D eigenvalue weighted by Crippen LogP contribution is 2.45. The molecule has 29 heavy (non-hydrogen) atoms. The summed E-state index contributed by atoms with van der Waals surface area (Å²) in [5.41, 5.74) is 6.81. The van der Waals surface area contributed by atoms with Gasteiger partial charge in [0.15, 0.2) is 0 Å². The van der Waals surface area contributed by atoms with E-state index in [9.17, 15) is 0 Å². The topological polar surface area (TPSA) is 24.3 Å². The minimum atomic E-state index is 0.536. The third-order valence-electron chi connectivity index (χ3n) is 6.86. The minimum absolute atomic E-state index is 0.536. The third kappa shape index (κ3) is 3.41. The average molecular weight is 387 g/mol. The molecule has 0 bridgehead atoms. The molecule has 0 amide bonds. The van der Waals surface area contributed by atoms with Crippen molar-refractivity contribution in [1.82, 2.24) is 19.6 Å². The molecular formula is C25H30N4. The van der Waals surface area contributed by atoms with E-state index in [-0.39, 0.29) is 0 Å². The number of aromatic nitrogens is 2. The Hall–Kier alpha value is -2.43.